The number of hydrogen-bond donors (Lipinski definition) is 6. The summed E-state index contributed by atoms with van der Waals surface area (Å²) >= 11 is 0. The number of carbonyl (C=O) groups excluding carboxylic acids is 1. The van der Waals surface area contributed by atoms with Crippen LogP contribution in [0, 0.1) is 0 Å². The van der Waals surface area contributed by atoms with Gasteiger partial charge in [-0.15, -0.1) is 0 Å². The van der Waals surface area contributed by atoms with Gasteiger partial charge in [-0.3, -0.25) is 4.79 Å². The maximum Gasteiger partial charge on any atom is 0.239 e. The van der Waals surface area contributed by atoms with Gasteiger partial charge in [-0.25, -0.2) is 0 Å². The first-order valence-electron chi connectivity index (χ1n) is 7.48. The fourth-order valence-electron chi connectivity index (χ4n) is 1.62. The van der Waals surface area contributed by atoms with Crippen molar-refractivity contribution in [3.05, 3.63) is 0 Å². The topological polar surface area (TPSA) is 125 Å². The Bertz CT molecular complexity index is 229. The summed E-state index contributed by atoms with van der Waals surface area (Å²) in [6.07, 6.45) is 4.18. The molecule has 20 heavy (non-hydrogen) atoms. The van der Waals surface area contributed by atoms with Crippen molar-refractivity contribution in [1.82, 2.24) is 16.0 Å². The van der Waals surface area contributed by atoms with E-state index in [0.29, 0.717) is 6.54 Å². The molecule has 0 radical (unpaired) electrons. The van der Waals surface area contributed by atoms with Crippen LogP contribution >= 0.6 is 0 Å². The number of unbranched alkanes of at least 4 members (excludes halogenated alkanes) is 1. The molecule has 0 aliphatic rings. The number of nitrogens with two attached hydrogens (primary N) is 2. The third-order valence-corrected chi connectivity index (χ3v) is 2.88. The zero-order valence-electron chi connectivity index (χ0n) is 12.4. The van der Waals surface area contributed by atoms with E-state index in [2.05, 4.69) is 16.0 Å². The molecule has 120 valence electrons. The summed E-state index contributed by atoms with van der Waals surface area (Å²) in [7, 11) is 0. The van der Waals surface area contributed by atoms with E-state index in [1.54, 1.807) is 0 Å². The number of nitrogens with one attached hydrogen (secondary N) is 3. The van der Waals surface area contributed by atoms with E-state index in [-0.39, 0.29) is 12.5 Å². The van der Waals surface area contributed by atoms with Gasteiger partial charge in [0.05, 0.1) is 6.61 Å². The number of rotatable bonds is 14. The molecular weight excluding hydrogens is 258 g/mol. The van der Waals surface area contributed by atoms with Crippen molar-refractivity contribution in [2.75, 3.05) is 45.9 Å². The Labute approximate surface area is 121 Å². The number of carbonyl (C=O) groups is 1. The Balaban J connectivity index is 3.11. The molecule has 0 spiro atoms. The second-order valence-electron chi connectivity index (χ2n) is 4.78. The van der Waals surface area contributed by atoms with Crippen LogP contribution in [0.25, 0.3) is 0 Å². The zero-order chi connectivity index (χ0) is 15.1. The first-order valence-corrected chi connectivity index (χ1v) is 7.48. The van der Waals surface area contributed by atoms with Crippen LogP contribution in [-0.4, -0.2) is 62.9 Å². The molecule has 0 fully saturated rings. The second kappa shape index (κ2) is 14.7. The quantitative estimate of drug-likeness (QED) is 0.208. The minimum Gasteiger partial charge on any atom is -0.394 e. The van der Waals surface area contributed by atoms with Gasteiger partial charge >= 0.3 is 0 Å². The third kappa shape index (κ3) is 12.3. The van der Waals surface area contributed by atoms with Crippen LogP contribution in [-0.2, 0) is 4.79 Å². The Morgan fingerprint density at radius 2 is 1.50 bits per heavy atom. The molecule has 0 unspecified atom stereocenters. The molecule has 0 bridgehead atoms. The lowest BCUT2D eigenvalue weighted by Gasteiger charge is -2.09. The molecule has 7 heteroatoms. The molecule has 1 atom stereocenters. The molecule has 0 saturated heterocycles. The summed E-state index contributed by atoms with van der Waals surface area (Å²) in [4.78, 5) is 11.2. The van der Waals surface area contributed by atoms with Gasteiger partial charge in [0.2, 0.25) is 5.91 Å². The summed E-state index contributed by atoms with van der Waals surface area (Å²) < 4.78 is 0. The minimum atomic E-state index is -0.810. The molecule has 0 aromatic rings. The molecule has 0 heterocycles. The third-order valence-electron chi connectivity index (χ3n) is 2.88. The highest BCUT2D eigenvalue weighted by Gasteiger charge is 2.09. The lowest BCUT2D eigenvalue weighted by Crippen LogP contribution is -2.43. The number of aliphatic hydroxyl groups is 1. The van der Waals surface area contributed by atoms with Crippen LogP contribution in [0.2, 0.25) is 0 Å². The van der Waals surface area contributed by atoms with Crippen molar-refractivity contribution >= 4 is 5.91 Å². The Hall–Kier alpha value is -0.730. The summed E-state index contributed by atoms with van der Waals surface area (Å²) in [5, 5.41) is 18.0. The van der Waals surface area contributed by atoms with Gasteiger partial charge in [-0.2, -0.15) is 0 Å². The Morgan fingerprint density at radius 1 is 0.950 bits per heavy atom. The van der Waals surface area contributed by atoms with Gasteiger partial charge in [-0.1, -0.05) is 0 Å². The molecule has 8 N–H and O–H groups in total. The first kappa shape index (κ1) is 19.3. The average molecular weight is 289 g/mol. The van der Waals surface area contributed by atoms with E-state index in [1.807, 2.05) is 0 Å². The van der Waals surface area contributed by atoms with Crippen LogP contribution in [0.3, 0.4) is 0 Å². The molecular formula is C13H31N5O2. The zero-order valence-corrected chi connectivity index (χ0v) is 12.4. The molecule has 0 aromatic heterocycles. The van der Waals surface area contributed by atoms with Crippen LogP contribution in [0.1, 0.15) is 25.7 Å². The maximum absolute atomic E-state index is 11.2. The molecule has 7 nitrogen and oxygen atoms in total. The van der Waals surface area contributed by atoms with E-state index in [1.165, 1.54) is 0 Å². The van der Waals surface area contributed by atoms with Crippen molar-refractivity contribution in [2.45, 2.75) is 31.7 Å². The largest absolute Gasteiger partial charge is 0.394 e. The fourth-order valence-corrected chi connectivity index (χ4v) is 1.62. The number of aliphatic hydroxyl groups excluding tert-OH is 1. The minimum absolute atomic E-state index is 0.295. The molecule has 0 aliphatic carbocycles. The smallest absolute Gasteiger partial charge is 0.239 e. The monoisotopic (exact) mass is 289 g/mol. The van der Waals surface area contributed by atoms with Crippen molar-refractivity contribution in [3.63, 3.8) is 0 Å². The first-order chi connectivity index (χ1) is 9.72. The number of hydrogen-bond acceptors (Lipinski definition) is 6. The van der Waals surface area contributed by atoms with Gasteiger partial charge in [-0.05, 0) is 58.4 Å². The van der Waals surface area contributed by atoms with Crippen molar-refractivity contribution < 1.29 is 9.90 Å². The van der Waals surface area contributed by atoms with Crippen molar-refractivity contribution in [1.29, 1.82) is 0 Å². The van der Waals surface area contributed by atoms with Gasteiger partial charge in [0, 0.05) is 6.54 Å². The fraction of sp³-hybridized carbons (Fsp3) is 0.923. The molecule has 0 aliphatic heterocycles. The molecule has 0 aromatic carbocycles. The second-order valence-corrected chi connectivity index (χ2v) is 4.78. The van der Waals surface area contributed by atoms with Gasteiger partial charge < -0.3 is 32.5 Å². The average Bonchev–Trinajstić information content (AvgIpc) is 2.47. The summed E-state index contributed by atoms with van der Waals surface area (Å²) in [5.74, 6) is -0.295. The van der Waals surface area contributed by atoms with Crippen molar-refractivity contribution in [2.24, 2.45) is 11.5 Å². The van der Waals surface area contributed by atoms with Crippen molar-refractivity contribution in [3.8, 4) is 0 Å². The van der Waals surface area contributed by atoms with Crippen LogP contribution in [0.4, 0.5) is 0 Å². The van der Waals surface area contributed by atoms with E-state index in [0.717, 1.165) is 58.4 Å². The van der Waals surface area contributed by atoms with Crippen LogP contribution in [0.15, 0.2) is 0 Å². The molecule has 1 amide bonds. The predicted octanol–water partition coefficient (Wildman–Crippen LogP) is -1.88. The highest BCUT2D eigenvalue weighted by atomic mass is 16.3. The van der Waals surface area contributed by atoms with Crippen LogP contribution in [0.5, 0.6) is 0 Å². The van der Waals surface area contributed by atoms with E-state index < -0.39 is 6.04 Å². The van der Waals surface area contributed by atoms with E-state index in [9.17, 15) is 4.79 Å². The Morgan fingerprint density at radius 3 is 2.05 bits per heavy atom. The van der Waals surface area contributed by atoms with Gasteiger partial charge in [0.25, 0.3) is 0 Å². The van der Waals surface area contributed by atoms with E-state index >= 15 is 0 Å². The van der Waals surface area contributed by atoms with Crippen LogP contribution < -0.4 is 27.4 Å². The predicted molar refractivity (Wildman–Crippen MR) is 81.3 cm³/mol. The molecule has 0 rings (SSSR count). The summed E-state index contributed by atoms with van der Waals surface area (Å²) in [5.41, 5.74) is 10.8. The van der Waals surface area contributed by atoms with Gasteiger partial charge in [0.15, 0.2) is 0 Å². The summed E-state index contributed by atoms with van der Waals surface area (Å²) in [6.45, 7) is 4.91. The van der Waals surface area contributed by atoms with E-state index in [4.69, 9.17) is 16.6 Å². The van der Waals surface area contributed by atoms with Gasteiger partial charge in [0.1, 0.15) is 6.04 Å². The highest BCUT2D eigenvalue weighted by molar-refractivity contribution is 5.81. The normalized spacial score (nSPS) is 12.3. The Kier molecular flexibility index (Phi) is 14.1. The maximum atomic E-state index is 11.2. The lowest BCUT2D eigenvalue weighted by atomic mass is 10.3. The number of amides is 1. The SMILES string of the molecule is NCCCNCCCCNCCCNC(=O)[C@@H](N)CO. The summed E-state index contributed by atoms with van der Waals surface area (Å²) in [6, 6.07) is -0.810. The molecule has 0 saturated carbocycles. The lowest BCUT2D eigenvalue weighted by molar-refractivity contribution is -0.123. The highest BCUT2D eigenvalue weighted by Crippen LogP contribution is 1.85. The standard InChI is InChI=1S/C13H31N5O2/c14-5-3-8-16-6-1-2-7-17-9-4-10-18-13(20)12(15)11-19/h12,16-17,19H,1-11,14-15H2,(H,18,20)/t12-/m0/s1.